The maximum atomic E-state index is 13.5. The van der Waals surface area contributed by atoms with Crippen molar-refractivity contribution in [2.24, 2.45) is 0 Å². The Morgan fingerprint density at radius 2 is 1.84 bits per heavy atom. The first-order chi connectivity index (χ1) is 14.9. The Morgan fingerprint density at radius 3 is 2.55 bits per heavy atom. The summed E-state index contributed by atoms with van der Waals surface area (Å²) in [6.07, 6.45) is 10.6. The van der Waals surface area contributed by atoms with Gasteiger partial charge in [0.15, 0.2) is 9.84 Å². The van der Waals surface area contributed by atoms with E-state index in [4.69, 9.17) is 0 Å². The number of H-pyrrole nitrogens is 1. The molecule has 1 fully saturated rings. The summed E-state index contributed by atoms with van der Waals surface area (Å²) in [4.78, 5) is 9.83. The highest BCUT2D eigenvalue weighted by Gasteiger charge is 2.39. The van der Waals surface area contributed by atoms with E-state index in [0.717, 1.165) is 40.9 Å². The summed E-state index contributed by atoms with van der Waals surface area (Å²) in [5, 5.41) is -0.286. The van der Waals surface area contributed by atoms with E-state index in [1.807, 2.05) is 18.3 Å². The van der Waals surface area contributed by atoms with Gasteiger partial charge in [-0.1, -0.05) is 6.08 Å². The first-order valence-electron chi connectivity index (χ1n) is 10.4. The van der Waals surface area contributed by atoms with E-state index in [0.29, 0.717) is 13.0 Å². The first kappa shape index (κ1) is 20.2. The molecule has 1 N–H and O–H groups in total. The van der Waals surface area contributed by atoms with Crippen LogP contribution in [-0.4, -0.2) is 53.9 Å². The molecular formula is C24H24FN3O2S. The Balaban J connectivity index is 1.54. The molecule has 2 atom stereocenters. The van der Waals surface area contributed by atoms with Crippen molar-refractivity contribution in [1.82, 2.24) is 14.9 Å². The smallest absolute Gasteiger partial charge is 0.151 e. The van der Waals surface area contributed by atoms with E-state index in [1.165, 1.54) is 24.0 Å². The van der Waals surface area contributed by atoms with Gasteiger partial charge in [-0.15, -0.1) is 0 Å². The van der Waals surface area contributed by atoms with Crippen LogP contribution in [0.25, 0.3) is 28.0 Å². The predicted molar refractivity (Wildman–Crippen MR) is 121 cm³/mol. The molecule has 160 valence electrons. The van der Waals surface area contributed by atoms with Crippen LogP contribution in [-0.2, 0) is 9.84 Å². The van der Waals surface area contributed by atoms with Gasteiger partial charge in [-0.2, -0.15) is 0 Å². The molecule has 1 aromatic carbocycles. The topological polar surface area (TPSA) is 66.1 Å². The van der Waals surface area contributed by atoms with E-state index in [9.17, 15) is 12.8 Å². The van der Waals surface area contributed by atoms with Crippen molar-refractivity contribution in [2.45, 2.75) is 24.1 Å². The fourth-order valence-electron chi connectivity index (χ4n) is 4.81. The van der Waals surface area contributed by atoms with Crippen LogP contribution in [0, 0.1) is 5.82 Å². The van der Waals surface area contributed by atoms with Gasteiger partial charge in [0.05, 0.1) is 10.9 Å². The van der Waals surface area contributed by atoms with Crippen LogP contribution in [0.2, 0.25) is 0 Å². The van der Waals surface area contributed by atoms with Crippen molar-refractivity contribution in [2.75, 3.05) is 19.3 Å². The number of halogens is 1. The predicted octanol–water partition coefficient (Wildman–Crippen LogP) is 4.16. The van der Waals surface area contributed by atoms with E-state index in [2.05, 4.69) is 20.9 Å². The highest BCUT2D eigenvalue weighted by atomic mass is 32.2. The van der Waals surface area contributed by atoms with Crippen molar-refractivity contribution in [3.05, 3.63) is 72.4 Å². The molecule has 2 aliphatic rings. The van der Waals surface area contributed by atoms with Crippen molar-refractivity contribution in [3.8, 4) is 22.4 Å². The molecule has 0 spiro atoms. The Morgan fingerprint density at radius 1 is 1.10 bits per heavy atom. The maximum absolute atomic E-state index is 13.5. The van der Waals surface area contributed by atoms with E-state index < -0.39 is 9.84 Å². The molecule has 0 aliphatic carbocycles. The minimum Gasteiger partial charge on any atom is -0.360 e. The number of nitrogens with one attached hydrogen (secondary N) is 1. The lowest BCUT2D eigenvalue weighted by atomic mass is 9.89. The van der Waals surface area contributed by atoms with Crippen molar-refractivity contribution < 1.29 is 12.8 Å². The first-order valence-corrected chi connectivity index (χ1v) is 12.4. The molecule has 2 aromatic heterocycles. The lowest BCUT2D eigenvalue weighted by molar-refractivity contribution is 0.275. The molecule has 2 aliphatic heterocycles. The number of aromatic nitrogens is 2. The maximum Gasteiger partial charge on any atom is 0.151 e. The zero-order valence-corrected chi connectivity index (χ0v) is 18.1. The standard InChI is InChI=1S/C24H24FN3O2S/c1-31(29,30)21-13-20-12-18(8-11-28(20)15-21)22-14-27-24(17-2-4-19(25)5-3-17)23(22)16-6-9-26-10-7-16/h2-10,14,20-21,27H,11-13,15H2,1H3/t20-,21-/m0/s1. The van der Waals surface area contributed by atoms with Crippen molar-refractivity contribution in [1.29, 1.82) is 0 Å². The molecule has 5 nitrogen and oxygen atoms in total. The number of pyridine rings is 1. The average molecular weight is 438 g/mol. The third-order valence-electron chi connectivity index (χ3n) is 6.45. The van der Waals surface area contributed by atoms with Gasteiger partial charge in [0.2, 0.25) is 0 Å². The molecule has 0 amide bonds. The molecule has 0 radical (unpaired) electrons. The third-order valence-corrected chi connectivity index (χ3v) is 8.00. The highest BCUT2D eigenvalue weighted by molar-refractivity contribution is 7.91. The van der Waals surface area contributed by atoms with Crippen LogP contribution in [0.3, 0.4) is 0 Å². The SMILES string of the molecule is CS(=O)(=O)[C@H]1C[C@@H]2CC(c3c[nH]c(-c4ccc(F)cc4)c3-c3ccncc3)=CCN2C1. The largest absolute Gasteiger partial charge is 0.360 e. The van der Waals surface area contributed by atoms with Crippen molar-refractivity contribution in [3.63, 3.8) is 0 Å². The summed E-state index contributed by atoms with van der Waals surface area (Å²) in [6, 6.07) is 10.7. The zero-order valence-electron chi connectivity index (χ0n) is 17.3. The summed E-state index contributed by atoms with van der Waals surface area (Å²) >= 11 is 0. The van der Waals surface area contributed by atoms with Gasteiger partial charge in [-0.25, -0.2) is 12.8 Å². The lowest BCUT2D eigenvalue weighted by Gasteiger charge is -2.29. The number of fused-ring (bicyclic) bond motifs is 1. The van der Waals surface area contributed by atoms with E-state index in [1.54, 1.807) is 24.5 Å². The molecule has 7 heteroatoms. The summed E-state index contributed by atoms with van der Waals surface area (Å²) in [6.45, 7) is 1.36. The lowest BCUT2D eigenvalue weighted by Crippen LogP contribution is -2.33. The second kappa shape index (κ2) is 7.73. The third kappa shape index (κ3) is 3.83. The van der Waals surface area contributed by atoms with Gasteiger partial charge in [0.25, 0.3) is 0 Å². The molecule has 5 rings (SSSR count). The summed E-state index contributed by atoms with van der Waals surface area (Å²) in [7, 11) is -3.04. The minimum atomic E-state index is -3.04. The summed E-state index contributed by atoms with van der Waals surface area (Å²) in [5.74, 6) is -0.266. The number of nitrogens with zero attached hydrogens (tertiary/aromatic N) is 2. The fourth-order valence-corrected chi connectivity index (χ4v) is 5.84. The van der Waals surface area contributed by atoms with Gasteiger partial charge in [-0.05, 0) is 65.9 Å². The summed E-state index contributed by atoms with van der Waals surface area (Å²) < 4.78 is 37.6. The van der Waals surface area contributed by atoms with Crippen LogP contribution in [0.4, 0.5) is 4.39 Å². The van der Waals surface area contributed by atoms with Crippen LogP contribution in [0.15, 0.2) is 61.1 Å². The monoisotopic (exact) mass is 437 g/mol. The summed E-state index contributed by atoms with van der Waals surface area (Å²) in [5.41, 5.74) is 6.26. The van der Waals surface area contributed by atoms with Gasteiger partial charge < -0.3 is 4.98 Å². The Labute approximate surface area is 181 Å². The highest BCUT2D eigenvalue weighted by Crippen LogP contribution is 2.41. The molecule has 1 saturated heterocycles. The van der Waals surface area contributed by atoms with Crippen molar-refractivity contribution >= 4 is 15.4 Å². The molecule has 0 bridgehead atoms. The number of rotatable bonds is 4. The van der Waals surface area contributed by atoms with Crippen LogP contribution in [0.1, 0.15) is 18.4 Å². The zero-order chi connectivity index (χ0) is 21.6. The normalized spacial score (nSPS) is 21.7. The minimum absolute atomic E-state index is 0.231. The van der Waals surface area contributed by atoms with Crippen LogP contribution in [0.5, 0.6) is 0 Å². The molecule has 31 heavy (non-hydrogen) atoms. The number of hydrogen-bond donors (Lipinski definition) is 1. The molecule has 4 heterocycles. The van der Waals surface area contributed by atoms with E-state index >= 15 is 0 Å². The molecule has 0 saturated carbocycles. The average Bonchev–Trinajstić information content (AvgIpc) is 3.39. The van der Waals surface area contributed by atoms with Gasteiger partial charge in [0, 0.05) is 55.1 Å². The quantitative estimate of drug-likeness (QED) is 0.666. The Kier molecular flexibility index (Phi) is 5.02. The molecule has 0 unspecified atom stereocenters. The second-order valence-electron chi connectivity index (χ2n) is 8.42. The number of aromatic amines is 1. The fraction of sp³-hybridized carbons (Fsp3) is 0.292. The van der Waals surface area contributed by atoms with Crippen LogP contribution >= 0.6 is 0 Å². The Bertz CT molecular complexity index is 1230. The van der Waals surface area contributed by atoms with Gasteiger partial charge in [0.1, 0.15) is 5.82 Å². The van der Waals surface area contributed by atoms with Gasteiger partial charge >= 0.3 is 0 Å². The Hall–Kier alpha value is -2.77. The van der Waals surface area contributed by atoms with Gasteiger partial charge in [-0.3, -0.25) is 9.88 Å². The number of sulfone groups is 1. The second-order valence-corrected chi connectivity index (χ2v) is 10.7. The number of hydrogen-bond acceptors (Lipinski definition) is 4. The number of benzene rings is 1. The van der Waals surface area contributed by atoms with E-state index in [-0.39, 0.29) is 17.1 Å². The van der Waals surface area contributed by atoms with Crippen LogP contribution < -0.4 is 0 Å². The molecule has 3 aromatic rings. The molecular weight excluding hydrogens is 413 g/mol.